The minimum atomic E-state index is -4.47. The molecule has 1 amide bonds. The van der Waals surface area contributed by atoms with Crippen LogP contribution in [-0.2, 0) is 28.6 Å². The molecule has 1 aliphatic heterocycles. The summed E-state index contributed by atoms with van der Waals surface area (Å²) in [5.41, 5.74) is 1.66. The van der Waals surface area contributed by atoms with Gasteiger partial charge in [-0.15, -0.1) is 0 Å². The molecule has 0 saturated carbocycles. The van der Waals surface area contributed by atoms with Crippen molar-refractivity contribution in [3.63, 3.8) is 0 Å². The highest BCUT2D eigenvalue weighted by atomic mass is 28.4. The summed E-state index contributed by atoms with van der Waals surface area (Å²) in [5, 5.41) is 0.00617. The minimum Gasteiger partial charge on any atom is -0.445 e. The summed E-state index contributed by atoms with van der Waals surface area (Å²) in [5.74, 6) is 0. The Morgan fingerprint density at radius 3 is 2.26 bits per heavy atom. The van der Waals surface area contributed by atoms with Crippen LogP contribution >= 0.6 is 0 Å². The lowest BCUT2D eigenvalue weighted by Crippen LogP contribution is -2.40. The van der Waals surface area contributed by atoms with Crippen LogP contribution in [0.4, 0.5) is 18.0 Å². The van der Waals surface area contributed by atoms with Gasteiger partial charge in [-0.1, -0.05) is 63.2 Å². The van der Waals surface area contributed by atoms with Gasteiger partial charge in [0, 0.05) is 13.1 Å². The first kappa shape index (κ1) is 27.0. The Bertz CT molecular complexity index is 1060. The quantitative estimate of drug-likeness (QED) is 0.379. The van der Waals surface area contributed by atoms with Crippen molar-refractivity contribution in [2.45, 2.75) is 64.7 Å². The normalized spacial score (nSPS) is 15.1. The fraction of sp³-hybridized carbons (Fsp3) is 0.444. The van der Waals surface area contributed by atoms with Gasteiger partial charge in [-0.2, -0.15) is 13.2 Å². The van der Waals surface area contributed by atoms with Crippen LogP contribution in [0, 0.1) is 0 Å². The van der Waals surface area contributed by atoms with Gasteiger partial charge in [0.25, 0.3) is 0 Å². The van der Waals surface area contributed by atoms with Gasteiger partial charge >= 0.3 is 12.3 Å². The lowest BCUT2D eigenvalue weighted by molar-refractivity contribution is -0.137. The number of amides is 1. The third kappa shape index (κ3) is 6.98. The summed E-state index contributed by atoms with van der Waals surface area (Å²) in [7, 11) is -2.04. The average Bonchev–Trinajstić information content (AvgIpc) is 2.80. The van der Waals surface area contributed by atoms with Crippen molar-refractivity contribution in [3.05, 3.63) is 76.9 Å². The monoisotopic (exact) mass is 505 g/mol. The Hall–Kier alpha value is -2.58. The van der Waals surface area contributed by atoms with Crippen molar-refractivity contribution in [1.82, 2.24) is 4.90 Å². The van der Waals surface area contributed by atoms with E-state index in [2.05, 4.69) is 33.9 Å². The molecule has 2 aromatic carbocycles. The molecule has 0 saturated heterocycles. The molecule has 190 valence electrons. The molecule has 3 rings (SSSR count). The number of nitrogens with zero attached hydrogens (tertiary/aromatic N) is 1. The number of carbonyl (C=O) groups is 1. The molecule has 0 radical (unpaired) electrons. The molecule has 0 aliphatic carbocycles. The molecule has 1 heterocycles. The van der Waals surface area contributed by atoms with E-state index in [4.69, 9.17) is 9.16 Å². The summed E-state index contributed by atoms with van der Waals surface area (Å²) >= 11 is 0. The highest BCUT2D eigenvalue weighted by Gasteiger charge is 2.38. The number of hydrogen-bond acceptors (Lipinski definition) is 3. The van der Waals surface area contributed by atoms with E-state index in [0.717, 1.165) is 11.6 Å². The highest BCUT2D eigenvalue weighted by Crippen LogP contribution is 2.39. The SMILES string of the molecule is CC(C)(C)[Si](C)(C)OCc1ccc(C(F)(F)F)c(C2=CCN(C(=O)OCc3ccccc3)CC2)c1. The standard InChI is InChI=1S/C27H34F3NO3Si/c1-26(2,3)35(4,5)34-19-21-11-12-24(27(28,29)30)23(17-21)22-13-15-31(16-14-22)25(32)33-18-20-9-7-6-8-10-20/h6-13,17H,14-16,18-19H2,1-5H3. The second-order valence-electron chi connectivity index (χ2n) is 10.4. The van der Waals surface area contributed by atoms with Gasteiger partial charge in [0.1, 0.15) is 6.61 Å². The number of ether oxygens (including phenoxy) is 1. The molecule has 8 heteroatoms. The summed E-state index contributed by atoms with van der Waals surface area (Å²) in [6, 6.07) is 13.6. The van der Waals surface area contributed by atoms with Crippen LogP contribution in [0.15, 0.2) is 54.6 Å². The maximum atomic E-state index is 13.8. The summed E-state index contributed by atoms with van der Waals surface area (Å²) in [4.78, 5) is 13.9. The van der Waals surface area contributed by atoms with Crippen LogP contribution in [0.25, 0.3) is 5.57 Å². The van der Waals surface area contributed by atoms with E-state index in [0.29, 0.717) is 24.1 Å². The van der Waals surface area contributed by atoms with Gasteiger partial charge < -0.3 is 14.1 Å². The second-order valence-corrected chi connectivity index (χ2v) is 15.2. The van der Waals surface area contributed by atoms with Crippen molar-refractivity contribution in [2.24, 2.45) is 0 Å². The zero-order valence-electron chi connectivity index (χ0n) is 21.0. The van der Waals surface area contributed by atoms with Crippen LogP contribution in [0.1, 0.15) is 49.4 Å². The predicted molar refractivity (Wildman–Crippen MR) is 134 cm³/mol. The van der Waals surface area contributed by atoms with E-state index in [-0.39, 0.29) is 30.4 Å². The number of halogens is 3. The van der Waals surface area contributed by atoms with Gasteiger partial charge in [0.15, 0.2) is 8.32 Å². The number of alkyl halides is 3. The van der Waals surface area contributed by atoms with Gasteiger partial charge in [-0.05, 0) is 58.9 Å². The zero-order valence-corrected chi connectivity index (χ0v) is 22.0. The lowest BCUT2D eigenvalue weighted by Gasteiger charge is -2.36. The Morgan fingerprint density at radius 1 is 1.00 bits per heavy atom. The number of carbonyl (C=O) groups excluding carboxylic acids is 1. The van der Waals surface area contributed by atoms with Crippen molar-refractivity contribution in [1.29, 1.82) is 0 Å². The van der Waals surface area contributed by atoms with Crippen LogP contribution in [0.3, 0.4) is 0 Å². The van der Waals surface area contributed by atoms with Crippen LogP contribution in [0.5, 0.6) is 0 Å². The fourth-order valence-corrected chi connectivity index (χ4v) is 4.53. The molecule has 0 aromatic heterocycles. The molecule has 0 unspecified atom stereocenters. The van der Waals surface area contributed by atoms with E-state index >= 15 is 0 Å². The average molecular weight is 506 g/mol. The molecule has 1 aliphatic rings. The van der Waals surface area contributed by atoms with Gasteiger partial charge in [-0.3, -0.25) is 0 Å². The number of rotatable bonds is 6. The topological polar surface area (TPSA) is 38.8 Å². The van der Waals surface area contributed by atoms with Crippen LogP contribution in [0.2, 0.25) is 18.1 Å². The lowest BCUT2D eigenvalue weighted by atomic mass is 9.93. The molecular weight excluding hydrogens is 471 g/mol. The molecule has 0 N–H and O–H groups in total. The maximum absolute atomic E-state index is 13.8. The second kappa shape index (κ2) is 10.6. The molecule has 0 bridgehead atoms. The number of benzene rings is 2. The van der Waals surface area contributed by atoms with E-state index in [9.17, 15) is 18.0 Å². The molecule has 0 spiro atoms. The molecular formula is C27H34F3NO3Si. The molecule has 4 nitrogen and oxygen atoms in total. The van der Waals surface area contributed by atoms with E-state index < -0.39 is 26.2 Å². The van der Waals surface area contributed by atoms with Crippen molar-refractivity contribution >= 4 is 20.0 Å². The van der Waals surface area contributed by atoms with Crippen molar-refractivity contribution in [3.8, 4) is 0 Å². The van der Waals surface area contributed by atoms with E-state index in [1.54, 1.807) is 12.1 Å². The van der Waals surface area contributed by atoms with Crippen LogP contribution in [-0.4, -0.2) is 32.4 Å². The Balaban J connectivity index is 1.74. The van der Waals surface area contributed by atoms with E-state index in [1.165, 1.54) is 11.0 Å². The molecule has 0 fully saturated rings. The highest BCUT2D eigenvalue weighted by molar-refractivity contribution is 6.74. The molecule has 35 heavy (non-hydrogen) atoms. The van der Waals surface area contributed by atoms with Gasteiger partial charge in [0.05, 0.1) is 12.2 Å². The minimum absolute atomic E-state index is 0.00617. The Morgan fingerprint density at radius 2 is 1.69 bits per heavy atom. The summed E-state index contributed by atoms with van der Waals surface area (Å²) in [6.07, 6.45) is -2.94. The first-order valence-electron chi connectivity index (χ1n) is 11.8. The smallest absolute Gasteiger partial charge is 0.416 e. The van der Waals surface area contributed by atoms with Gasteiger partial charge in [0.2, 0.25) is 0 Å². The maximum Gasteiger partial charge on any atom is 0.416 e. The Kier molecular flexibility index (Phi) is 8.16. The third-order valence-corrected chi connectivity index (χ3v) is 11.3. The third-order valence-electron chi connectivity index (χ3n) is 6.81. The molecule has 2 aromatic rings. The first-order valence-corrected chi connectivity index (χ1v) is 14.7. The largest absolute Gasteiger partial charge is 0.445 e. The predicted octanol–water partition coefficient (Wildman–Crippen LogP) is 7.65. The van der Waals surface area contributed by atoms with Crippen LogP contribution < -0.4 is 0 Å². The number of hydrogen-bond donors (Lipinski definition) is 0. The molecule has 0 atom stereocenters. The van der Waals surface area contributed by atoms with Crippen molar-refractivity contribution in [2.75, 3.05) is 13.1 Å². The van der Waals surface area contributed by atoms with Gasteiger partial charge in [-0.25, -0.2) is 4.79 Å². The zero-order chi connectivity index (χ0) is 25.9. The first-order chi connectivity index (χ1) is 16.3. The fourth-order valence-electron chi connectivity index (χ4n) is 3.56. The Labute approximate surface area is 206 Å². The summed E-state index contributed by atoms with van der Waals surface area (Å²) < 4.78 is 53.0. The van der Waals surface area contributed by atoms with Crippen molar-refractivity contribution < 1.29 is 27.1 Å². The summed E-state index contributed by atoms with van der Waals surface area (Å²) in [6.45, 7) is 11.5. The van der Waals surface area contributed by atoms with E-state index in [1.807, 2.05) is 30.3 Å².